The number of aliphatic carboxylic acids is 1. The number of hydrogen-bond acceptors (Lipinski definition) is 4. The average Bonchev–Trinajstić information content (AvgIpc) is 3.66. The number of rotatable bonds is 8. The van der Waals surface area contributed by atoms with Crippen molar-refractivity contribution in [3.05, 3.63) is 70.3 Å². The molecule has 9 heteroatoms. The molecule has 210 valence electrons. The van der Waals surface area contributed by atoms with Gasteiger partial charge in [0.2, 0.25) is 11.5 Å². The molecule has 0 aliphatic heterocycles. The summed E-state index contributed by atoms with van der Waals surface area (Å²) in [6.45, 7) is 0. The Labute approximate surface area is 237 Å². The van der Waals surface area contributed by atoms with Crippen molar-refractivity contribution in [1.82, 2.24) is 9.78 Å². The molecule has 0 saturated heterocycles. The molecule has 1 unspecified atom stereocenters. The second-order valence-corrected chi connectivity index (χ2v) is 11.8. The van der Waals surface area contributed by atoms with Gasteiger partial charge < -0.3 is 15.2 Å². The van der Waals surface area contributed by atoms with Crippen LogP contribution in [-0.2, 0) is 22.4 Å². The molecule has 7 nitrogen and oxygen atoms in total. The van der Waals surface area contributed by atoms with E-state index in [2.05, 4.69) is 5.32 Å². The Morgan fingerprint density at radius 2 is 1.77 bits per heavy atom. The summed E-state index contributed by atoms with van der Waals surface area (Å²) >= 11 is 6.18. The molecule has 1 aromatic heterocycles. The lowest BCUT2D eigenvalue weighted by Gasteiger charge is -2.31. The van der Waals surface area contributed by atoms with Gasteiger partial charge in [-0.2, -0.15) is 5.10 Å². The fraction of sp³-hybridized carbons (Fsp3) is 0.452. The zero-order valence-corrected chi connectivity index (χ0v) is 23.1. The number of aromatic nitrogens is 2. The number of anilines is 1. The molecule has 1 amide bonds. The maximum Gasteiger partial charge on any atom is 0.348 e. The normalized spacial score (nSPS) is 18.9. The molecule has 0 bridgehead atoms. The number of fused-ring (bicyclic) bond motifs is 1. The molecule has 1 heterocycles. The van der Waals surface area contributed by atoms with E-state index in [1.165, 1.54) is 12.1 Å². The number of carbonyl (C=O) groups is 2. The lowest BCUT2D eigenvalue weighted by atomic mass is 9.76. The highest BCUT2D eigenvalue weighted by Gasteiger charge is 2.54. The van der Waals surface area contributed by atoms with Crippen molar-refractivity contribution in [2.24, 2.45) is 5.92 Å². The van der Waals surface area contributed by atoms with Crippen LogP contribution in [0, 0.1) is 11.7 Å². The van der Waals surface area contributed by atoms with Gasteiger partial charge in [0.1, 0.15) is 0 Å². The van der Waals surface area contributed by atoms with Crippen LogP contribution in [0.15, 0.2) is 42.5 Å². The van der Waals surface area contributed by atoms with Crippen LogP contribution in [-0.4, -0.2) is 32.4 Å². The molecule has 1 atom stereocenters. The molecule has 0 spiro atoms. The van der Waals surface area contributed by atoms with Gasteiger partial charge in [-0.1, -0.05) is 30.9 Å². The molecule has 3 aromatic rings. The third-order valence-electron chi connectivity index (χ3n) is 8.56. The van der Waals surface area contributed by atoms with Crippen molar-refractivity contribution in [2.45, 2.75) is 82.1 Å². The monoisotopic (exact) mass is 565 g/mol. The van der Waals surface area contributed by atoms with Gasteiger partial charge in [0.25, 0.3) is 0 Å². The van der Waals surface area contributed by atoms with E-state index in [-0.39, 0.29) is 17.6 Å². The number of benzene rings is 2. The number of amides is 1. The van der Waals surface area contributed by atoms with E-state index in [9.17, 15) is 14.7 Å². The summed E-state index contributed by atoms with van der Waals surface area (Å²) in [7, 11) is 0. The molecule has 2 aromatic carbocycles. The first-order valence-corrected chi connectivity index (χ1v) is 14.6. The maximum absolute atomic E-state index is 15.0. The average molecular weight is 566 g/mol. The fourth-order valence-corrected chi connectivity index (χ4v) is 6.40. The summed E-state index contributed by atoms with van der Waals surface area (Å²) in [6, 6.07) is 11.7. The van der Waals surface area contributed by atoms with Crippen LogP contribution in [0.5, 0.6) is 5.75 Å². The van der Waals surface area contributed by atoms with Gasteiger partial charge in [-0.05, 0) is 86.4 Å². The summed E-state index contributed by atoms with van der Waals surface area (Å²) in [5, 5.41) is 18.0. The Balaban J connectivity index is 1.35. The van der Waals surface area contributed by atoms with Crippen LogP contribution >= 0.6 is 11.6 Å². The molecule has 3 aliphatic rings. The van der Waals surface area contributed by atoms with Gasteiger partial charge in [-0.15, -0.1) is 0 Å². The summed E-state index contributed by atoms with van der Waals surface area (Å²) in [6.07, 6.45) is 9.74. The SMILES string of the molecule is O=C(Nc1ccc(OC2(C(=O)O)CC2)c(F)c1)C(c1c2c(nn1-c1ccc(Cl)cc1)CCCC2)C1CCCCC1. The lowest BCUT2D eigenvalue weighted by Crippen LogP contribution is -2.31. The summed E-state index contributed by atoms with van der Waals surface area (Å²) in [4.78, 5) is 25.6. The Morgan fingerprint density at radius 3 is 2.45 bits per heavy atom. The van der Waals surface area contributed by atoms with Gasteiger partial charge in [0, 0.05) is 29.6 Å². The van der Waals surface area contributed by atoms with Crippen molar-refractivity contribution in [2.75, 3.05) is 5.32 Å². The number of nitrogens with zero attached hydrogens (tertiary/aromatic N) is 2. The number of carbonyl (C=O) groups excluding carboxylic acids is 1. The number of aryl methyl sites for hydroxylation is 1. The molecule has 0 radical (unpaired) electrons. The summed E-state index contributed by atoms with van der Waals surface area (Å²) in [5.41, 5.74) is 2.95. The molecule has 2 N–H and O–H groups in total. The number of carboxylic acids is 1. The Bertz CT molecular complexity index is 1430. The highest BCUT2D eigenvalue weighted by Crippen LogP contribution is 2.43. The molecule has 3 aliphatic carbocycles. The first kappa shape index (κ1) is 26.8. The van der Waals surface area contributed by atoms with Crippen LogP contribution < -0.4 is 10.1 Å². The van der Waals surface area contributed by atoms with Gasteiger partial charge in [-0.3, -0.25) is 4.79 Å². The Morgan fingerprint density at radius 1 is 1.05 bits per heavy atom. The predicted molar refractivity (Wildman–Crippen MR) is 150 cm³/mol. The smallest absolute Gasteiger partial charge is 0.348 e. The molecule has 6 rings (SSSR count). The maximum atomic E-state index is 15.0. The second kappa shape index (κ2) is 10.9. The molecular weight excluding hydrogens is 533 g/mol. The third kappa shape index (κ3) is 5.21. The van der Waals surface area contributed by atoms with Gasteiger partial charge in [0.05, 0.1) is 23.0 Å². The van der Waals surface area contributed by atoms with Crippen molar-refractivity contribution in [3.63, 3.8) is 0 Å². The van der Waals surface area contributed by atoms with Crippen LogP contribution in [0.2, 0.25) is 5.02 Å². The van der Waals surface area contributed by atoms with Crippen LogP contribution in [0.4, 0.5) is 10.1 Å². The largest absolute Gasteiger partial charge is 0.478 e. The zero-order valence-electron chi connectivity index (χ0n) is 22.3. The first-order valence-electron chi connectivity index (χ1n) is 14.2. The Hall–Kier alpha value is -3.39. The molecule has 40 heavy (non-hydrogen) atoms. The number of nitrogens with one attached hydrogen (secondary N) is 1. The van der Waals surface area contributed by atoms with Crippen molar-refractivity contribution in [3.8, 4) is 11.4 Å². The quantitative estimate of drug-likeness (QED) is 0.312. The summed E-state index contributed by atoms with van der Waals surface area (Å²) in [5.74, 6) is -2.43. The highest BCUT2D eigenvalue weighted by atomic mass is 35.5. The van der Waals surface area contributed by atoms with Crippen LogP contribution in [0.1, 0.15) is 80.7 Å². The molecular formula is C31H33ClFN3O4. The number of carboxylic acid groups (broad SMARTS) is 1. The topological polar surface area (TPSA) is 93.4 Å². The Kier molecular flexibility index (Phi) is 7.29. The van der Waals surface area contributed by atoms with Gasteiger partial charge in [-0.25, -0.2) is 13.9 Å². The van der Waals surface area contributed by atoms with E-state index >= 15 is 4.39 Å². The van der Waals surface area contributed by atoms with Crippen molar-refractivity contribution in [1.29, 1.82) is 0 Å². The van der Waals surface area contributed by atoms with E-state index in [4.69, 9.17) is 21.4 Å². The van der Waals surface area contributed by atoms with E-state index in [0.717, 1.165) is 80.4 Å². The van der Waals surface area contributed by atoms with E-state index in [0.29, 0.717) is 23.6 Å². The van der Waals surface area contributed by atoms with Crippen LogP contribution in [0.25, 0.3) is 5.69 Å². The van der Waals surface area contributed by atoms with E-state index < -0.39 is 23.3 Å². The summed E-state index contributed by atoms with van der Waals surface area (Å²) < 4.78 is 22.4. The minimum atomic E-state index is -1.35. The number of ether oxygens (including phenoxy) is 1. The highest BCUT2D eigenvalue weighted by molar-refractivity contribution is 6.30. The van der Waals surface area contributed by atoms with Crippen molar-refractivity contribution >= 4 is 29.2 Å². The van der Waals surface area contributed by atoms with Crippen molar-refractivity contribution < 1.29 is 23.8 Å². The van der Waals surface area contributed by atoms with Gasteiger partial charge >= 0.3 is 5.97 Å². The first-order chi connectivity index (χ1) is 19.3. The van der Waals surface area contributed by atoms with E-state index in [1.54, 1.807) is 6.07 Å². The predicted octanol–water partition coefficient (Wildman–Crippen LogP) is 6.84. The fourth-order valence-electron chi connectivity index (χ4n) is 6.27. The zero-order chi connectivity index (χ0) is 27.9. The number of hydrogen-bond donors (Lipinski definition) is 2. The number of halogens is 2. The van der Waals surface area contributed by atoms with E-state index in [1.807, 2.05) is 28.9 Å². The minimum absolute atomic E-state index is 0.128. The second-order valence-electron chi connectivity index (χ2n) is 11.3. The van der Waals surface area contributed by atoms with Crippen LogP contribution in [0.3, 0.4) is 0 Å². The minimum Gasteiger partial charge on any atom is -0.478 e. The third-order valence-corrected chi connectivity index (χ3v) is 8.82. The molecule has 2 saturated carbocycles. The lowest BCUT2D eigenvalue weighted by molar-refractivity contribution is -0.147. The standard InChI is InChI=1S/C31H33ClFN3O4/c32-20-10-13-22(14-11-20)36-28(23-8-4-5-9-25(23)35-36)27(19-6-2-1-3-7-19)29(37)34-21-12-15-26(24(33)18-21)40-31(16-17-31)30(38)39/h10-15,18-19,27H,1-9,16-17H2,(H,34,37)(H,38,39). The van der Waals surface area contributed by atoms with Gasteiger partial charge in [0.15, 0.2) is 11.6 Å². The molecule has 2 fully saturated rings.